The molecule has 1 N–H and O–H groups in total. The summed E-state index contributed by atoms with van der Waals surface area (Å²) in [5.41, 5.74) is 2.83. The van der Waals surface area contributed by atoms with Gasteiger partial charge in [0.1, 0.15) is 6.10 Å². The molecule has 0 aliphatic heterocycles. The first-order valence-electron chi connectivity index (χ1n) is 3.93. The summed E-state index contributed by atoms with van der Waals surface area (Å²) in [6.45, 7) is 3.31. The average molecular weight is 191 g/mol. The minimum absolute atomic E-state index is 0.0426. The van der Waals surface area contributed by atoms with Crippen molar-refractivity contribution in [2.24, 2.45) is 0 Å². The second-order valence-corrected chi connectivity index (χ2v) is 2.67. The van der Waals surface area contributed by atoms with Crippen molar-refractivity contribution in [2.45, 2.75) is 6.10 Å². The van der Waals surface area contributed by atoms with E-state index in [9.17, 15) is 15.2 Å². The number of hydrogen-bond acceptors (Lipinski definition) is 3. The van der Waals surface area contributed by atoms with Crippen LogP contribution < -0.4 is 0 Å². The predicted molar refractivity (Wildman–Crippen MR) is 51.8 cm³/mol. The Morgan fingerprint density at radius 3 is 2.93 bits per heavy atom. The second kappa shape index (κ2) is 4.37. The Morgan fingerprint density at radius 2 is 2.36 bits per heavy atom. The van der Waals surface area contributed by atoms with Crippen LogP contribution in [-0.4, -0.2) is 10.0 Å². The largest absolute Gasteiger partial charge is 0.384 e. The van der Waals surface area contributed by atoms with E-state index < -0.39 is 11.0 Å². The number of non-ortho nitro benzene ring substituents is 1. The van der Waals surface area contributed by atoms with E-state index in [4.69, 9.17) is 0 Å². The topological polar surface area (TPSA) is 63.4 Å². The molecule has 0 spiro atoms. The third-order valence-electron chi connectivity index (χ3n) is 1.70. The first kappa shape index (κ1) is 10.2. The number of nitro benzene ring substituents is 1. The first-order chi connectivity index (χ1) is 6.65. The predicted octanol–water partition coefficient (Wildman–Crippen LogP) is 1.97. The Labute approximate surface area is 81.0 Å². The van der Waals surface area contributed by atoms with Crippen LogP contribution in [-0.2, 0) is 0 Å². The summed E-state index contributed by atoms with van der Waals surface area (Å²) < 4.78 is 0. The molecule has 4 heteroatoms. The van der Waals surface area contributed by atoms with Crippen molar-refractivity contribution in [1.29, 1.82) is 0 Å². The summed E-state index contributed by atoms with van der Waals surface area (Å²) in [5, 5.41) is 19.9. The van der Waals surface area contributed by atoms with E-state index >= 15 is 0 Å². The highest BCUT2D eigenvalue weighted by atomic mass is 16.6. The number of nitrogens with zero attached hydrogens (tertiary/aromatic N) is 1. The fraction of sp³-hybridized carbons (Fsp3) is 0.100. The van der Waals surface area contributed by atoms with Crippen molar-refractivity contribution in [3.05, 3.63) is 58.3 Å². The van der Waals surface area contributed by atoms with Gasteiger partial charge in [0.05, 0.1) is 4.92 Å². The van der Waals surface area contributed by atoms with E-state index in [1.54, 1.807) is 6.07 Å². The molecular weight excluding hydrogens is 182 g/mol. The Balaban J connectivity index is 3.04. The highest BCUT2D eigenvalue weighted by Gasteiger charge is 2.09. The van der Waals surface area contributed by atoms with E-state index in [-0.39, 0.29) is 5.69 Å². The molecule has 0 heterocycles. The Morgan fingerprint density at radius 1 is 1.64 bits per heavy atom. The molecule has 0 aliphatic rings. The number of nitro groups is 1. The lowest BCUT2D eigenvalue weighted by Gasteiger charge is -2.03. The van der Waals surface area contributed by atoms with Gasteiger partial charge in [0.25, 0.3) is 5.69 Å². The summed E-state index contributed by atoms with van der Waals surface area (Å²) in [6, 6.07) is 5.81. The molecule has 4 nitrogen and oxygen atoms in total. The third-order valence-corrected chi connectivity index (χ3v) is 1.70. The Kier molecular flexibility index (Phi) is 3.18. The fourth-order valence-corrected chi connectivity index (χ4v) is 1.03. The van der Waals surface area contributed by atoms with Crippen LogP contribution in [0.1, 0.15) is 11.7 Å². The van der Waals surface area contributed by atoms with Gasteiger partial charge < -0.3 is 5.11 Å². The van der Waals surface area contributed by atoms with Gasteiger partial charge in [-0.25, -0.2) is 0 Å². The molecule has 0 saturated carbocycles. The lowest BCUT2D eigenvalue weighted by Crippen LogP contribution is -1.94. The number of benzene rings is 1. The van der Waals surface area contributed by atoms with Gasteiger partial charge in [-0.1, -0.05) is 18.7 Å². The van der Waals surface area contributed by atoms with Gasteiger partial charge >= 0.3 is 0 Å². The maximum atomic E-state index is 10.4. The first-order valence-corrected chi connectivity index (χ1v) is 3.93. The average Bonchev–Trinajstić information content (AvgIpc) is 2.18. The zero-order valence-corrected chi connectivity index (χ0v) is 7.38. The molecule has 14 heavy (non-hydrogen) atoms. The molecule has 1 atom stereocenters. The molecule has 0 aliphatic carbocycles. The van der Waals surface area contributed by atoms with Crippen LogP contribution in [0.5, 0.6) is 0 Å². The van der Waals surface area contributed by atoms with Crippen molar-refractivity contribution in [3.63, 3.8) is 0 Å². The molecule has 1 aromatic carbocycles. The molecule has 0 aromatic heterocycles. The minimum atomic E-state index is -0.896. The van der Waals surface area contributed by atoms with Gasteiger partial charge in [-0.05, 0) is 11.6 Å². The third kappa shape index (κ3) is 2.29. The maximum Gasteiger partial charge on any atom is 0.269 e. The van der Waals surface area contributed by atoms with Crippen LogP contribution in [0.2, 0.25) is 0 Å². The van der Waals surface area contributed by atoms with Crippen LogP contribution in [0, 0.1) is 10.1 Å². The molecule has 1 aromatic rings. The van der Waals surface area contributed by atoms with Gasteiger partial charge in [-0.3, -0.25) is 10.1 Å². The van der Waals surface area contributed by atoms with E-state index in [0.29, 0.717) is 5.56 Å². The lowest BCUT2D eigenvalue weighted by atomic mass is 10.1. The number of hydrogen-bond donors (Lipinski definition) is 1. The molecule has 1 rings (SSSR count). The van der Waals surface area contributed by atoms with E-state index in [1.807, 2.05) is 0 Å². The highest BCUT2D eigenvalue weighted by molar-refractivity contribution is 5.36. The fourth-order valence-electron chi connectivity index (χ4n) is 1.03. The summed E-state index contributed by atoms with van der Waals surface area (Å²) in [7, 11) is 0. The van der Waals surface area contributed by atoms with Gasteiger partial charge in [-0.2, -0.15) is 0 Å². The smallest absolute Gasteiger partial charge is 0.269 e. The molecular formula is C10H9NO3. The number of aliphatic hydroxyl groups is 1. The quantitative estimate of drug-likeness (QED) is 0.451. The van der Waals surface area contributed by atoms with Crippen LogP contribution >= 0.6 is 0 Å². The second-order valence-electron chi connectivity index (χ2n) is 2.67. The van der Waals surface area contributed by atoms with Crippen LogP contribution in [0.4, 0.5) is 5.69 Å². The minimum Gasteiger partial charge on any atom is -0.384 e. The molecule has 72 valence electrons. The van der Waals surface area contributed by atoms with E-state index in [1.165, 1.54) is 24.3 Å². The lowest BCUT2D eigenvalue weighted by molar-refractivity contribution is -0.385. The zero-order chi connectivity index (χ0) is 10.6. The molecule has 0 amide bonds. The summed E-state index contributed by atoms with van der Waals surface area (Å²) in [6.07, 6.45) is 0.436. The molecule has 0 radical (unpaired) electrons. The number of rotatable bonds is 3. The normalized spacial score (nSPS) is 11.5. The van der Waals surface area contributed by atoms with Gasteiger partial charge in [0, 0.05) is 12.1 Å². The van der Waals surface area contributed by atoms with Crippen LogP contribution in [0.25, 0.3) is 0 Å². The summed E-state index contributed by atoms with van der Waals surface area (Å²) >= 11 is 0. The van der Waals surface area contributed by atoms with Crippen molar-refractivity contribution in [2.75, 3.05) is 0 Å². The molecule has 1 unspecified atom stereocenters. The summed E-state index contributed by atoms with van der Waals surface area (Å²) in [4.78, 5) is 9.91. The van der Waals surface area contributed by atoms with Crippen molar-refractivity contribution < 1.29 is 10.0 Å². The molecule has 0 bridgehead atoms. The van der Waals surface area contributed by atoms with E-state index in [2.05, 4.69) is 12.3 Å². The van der Waals surface area contributed by atoms with Gasteiger partial charge in [0.15, 0.2) is 0 Å². The zero-order valence-electron chi connectivity index (χ0n) is 7.38. The van der Waals surface area contributed by atoms with Crippen molar-refractivity contribution in [3.8, 4) is 0 Å². The Bertz CT molecular complexity index is 394. The maximum absolute atomic E-state index is 10.4. The van der Waals surface area contributed by atoms with Crippen molar-refractivity contribution >= 4 is 5.69 Å². The van der Waals surface area contributed by atoms with E-state index in [0.717, 1.165) is 0 Å². The van der Waals surface area contributed by atoms with Crippen LogP contribution in [0.3, 0.4) is 0 Å². The monoisotopic (exact) mass is 191 g/mol. The standard InChI is InChI=1S/C10H9NO3/c1-2-4-10(12)8-5-3-6-9(7-8)11(13)14/h3-7,10,12H,1H2. The number of aliphatic hydroxyl groups excluding tert-OH is 1. The Hall–Kier alpha value is -1.90. The van der Waals surface area contributed by atoms with Gasteiger partial charge in [0.2, 0.25) is 0 Å². The van der Waals surface area contributed by atoms with Crippen LogP contribution in [0.15, 0.2) is 42.7 Å². The van der Waals surface area contributed by atoms with Crippen molar-refractivity contribution in [1.82, 2.24) is 0 Å². The van der Waals surface area contributed by atoms with Gasteiger partial charge in [-0.15, -0.1) is 5.73 Å². The highest BCUT2D eigenvalue weighted by Crippen LogP contribution is 2.19. The molecule has 0 saturated heterocycles. The summed E-state index contributed by atoms with van der Waals surface area (Å²) in [5.74, 6) is 0. The SMILES string of the molecule is C=C=CC(O)c1cccc([N+](=O)[O-])c1. The molecule has 0 fully saturated rings.